The van der Waals surface area contributed by atoms with E-state index >= 15 is 0 Å². The molecule has 2 heterocycles. The van der Waals surface area contributed by atoms with E-state index in [0.29, 0.717) is 18.4 Å². The third-order valence-corrected chi connectivity index (χ3v) is 3.21. The predicted molar refractivity (Wildman–Crippen MR) is 69.0 cm³/mol. The normalized spacial score (nSPS) is 18.6. The average molecular weight is 260 g/mol. The van der Waals surface area contributed by atoms with Crippen LogP contribution in [0.4, 0.5) is 0 Å². The van der Waals surface area contributed by atoms with Crippen molar-refractivity contribution in [3.05, 3.63) is 36.2 Å². The van der Waals surface area contributed by atoms with Gasteiger partial charge in [-0.15, -0.1) is 5.10 Å². The van der Waals surface area contributed by atoms with E-state index in [2.05, 4.69) is 15.6 Å². The molecule has 2 aromatic rings. The molecule has 1 aromatic heterocycles. The summed E-state index contributed by atoms with van der Waals surface area (Å²) >= 11 is 0. The second-order valence-electron chi connectivity index (χ2n) is 4.59. The maximum Gasteiger partial charge on any atom is 0.161 e. The number of phenols is 1. The Kier molecular flexibility index (Phi) is 3.33. The van der Waals surface area contributed by atoms with Crippen LogP contribution in [0.2, 0.25) is 0 Å². The highest BCUT2D eigenvalue weighted by Crippen LogP contribution is 2.25. The lowest BCUT2D eigenvalue weighted by Gasteiger charge is -2.07. The number of rotatable bonds is 4. The molecule has 1 aliphatic rings. The van der Waals surface area contributed by atoms with Crippen LogP contribution in [0.25, 0.3) is 0 Å². The van der Waals surface area contributed by atoms with E-state index in [9.17, 15) is 5.11 Å². The van der Waals surface area contributed by atoms with Crippen molar-refractivity contribution in [3.63, 3.8) is 0 Å². The van der Waals surface area contributed by atoms with Gasteiger partial charge in [0.1, 0.15) is 12.3 Å². The molecule has 19 heavy (non-hydrogen) atoms. The first-order valence-corrected chi connectivity index (χ1v) is 6.35. The summed E-state index contributed by atoms with van der Waals surface area (Å²) in [6, 6.07) is 7.27. The lowest BCUT2D eigenvalue weighted by atomic mass is 10.3. The van der Waals surface area contributed by atoms with Gasteiger partial charge in [-0.2, -0.15) is 0 Å². The number of nitrogens with zero attached hydrogens (tertiary/aromatic N) is 3. The third kappa shape index (κ3) is 2.68. The minimum atomic E-state index is 0.134. The fraction of sp³-hybridized carbons (Fsp3) is 0.385. The lowest BCUT2D eigenvalue weighted by molar-refractivity contribution is 0.284. The number of aromatic hydroxyl groups is 1. The molecule has 1 unspecified atom stereocenters. The van der Waals surface area contributed by atoms with Crippen LogP contribution in [0.1, 0.15) is 18.2 Å². The summed E-state index contributed by atoms with van der Waals surface area (Å²) in [5, 5.41) is 21.1. The van der Waals surface area contributed by atoms with Crippen LogP contribution in [0, 0.1) is 0 Å². The molecule has 1 aromatic carbocycles. The first-order chi connectivity index (χ1) is 9.33. The molecule has 0 radical (unpaired) electrons. The molecule has 0 amide bonds. The van der Waals surface area contributed by atoms with Gasteiger partial charge in [0.05, 0.1) is 12.2 Å². The molecule has 100 valence electrons. The van der Waals surface area contributed by atoms with E-state index in [-0.39, 0.29) is 5.75 Å². The first kappa shape index (κ1) is 12.0. The number of benzene rings is 1. The van der Waals surface area contributed by atoms with Gasteiger partial charge in [-0.05, 0) is 25.1 Å². The van der Waals surface area contributed by atoms with Crippen molar-refractivity contribution in [3.8, 4) is 11.5 Å². The smallest absolute Gasteiger partial charge is 0.161 e. The Morgan fingerprint density at radius 1 is 1.42 bits per heavy atom. The van der Waals surface area contributed by atoms with E-state index in [0.717, 1.165) is 25.2 Å². The van der Waals surface area contributed by atoms with Gasteiger partial charge < -0.3 is 15.2 Å². The summed E-state index contributed by atoms with van der Waals surface area (Å²) < 4.78 is 7.40. The van der Waals surface area contributed by atoms with Crippen LogP contribution < -0.4 is 10.1 Å². The van der Waals surface area contributed by atoms with E-state index in [1.54, 1.807) is 18.2 Å². The lowest BCUT2D eigenvalue weighted by Crippen LogP contribution is -2.13. The summed E-state index contributed by atoms with van der Waals surface area (Å²) in [5.41, 5.74) is 0.759. The summed E-state index contributed by atoms with van der Waals surface area (Å²) in [5.74, 6) is 0.592. The molecule has 3 rings (SSSR count). The minimum Gasteiger partial charge on any atom is -0.504 e. The van der Waals surface area contributed by atoms with Gasteiger partial charge in [0, 0.05) is 6.54 Å². The van der Waals surface area contributed by atoms with Crippen LogP contribution in [0.5, 0.6) is 11.5 Å². The number of phenolic OH excluding ortho intramolecular Hbond substituents is 1. The van der Waals surface area contributed by atoms with Gasteiger partial charge in [0.15, 0.2) is 11.5 Å². The highest BCUT2D eigenvalue weighted by molar-refractivity contribution is 5.37. The second kappa shape index (κ2) is 5.27. The average Bonchev–Trinajstić information content (AvgIpc) is 3.09. The molecular weight excluding hydrogens is 244 g/mol. The Morgan fingerprint density at radius 2 is 2.32 bits per heavy atom. The molecule has 1 aliphatic heterocycles. The Labute approximate surface area is 111 Å². The van der Waals surface area contributed by atoms with E-state index in [1.807, 2.05) is 16.9 Å². The quantitative estimate of drug-likeness (QED) is 0.861. The first-order valence-electron chi connectivity index (χ1n) is 6.35. The Balaban J connectivity index is 1.63. The van der Waals surface area contributed by atoms with Gasteiger partial charge in [0.25, 0.3) is 0 Å². The fourth-order valence-electron chi connectivity index (χ4n) is 2.15. The van der Waals surface area contributed by atoms with Crippen molar-refractivity contribution in [2.24, 2.45) is 0 Å². The fourth-order valence-corrected chi connectivity index (χ4v) is 2.15. The highest BCUT2D eigenvalue weighted by Gasteiger charge is 2.17. The van der Waals surface area contributed by atoms with Crippen molar-refractivity contribution in [2.45, 2.75) is 19.1 Å². The number of nitrogens with one attached hydrogen (secondary N) is 1. The van der Waals surface area contributed by atoms with Gasteiger partial charge in [0.2, 0.25) is 0 Å². The Morgan fingerprint density at radius 3 is 3.11 bits per heavy atom. The van der Waals surface area contributed by atoms with Crippen LogP contribution in [-0.4, -0.2) is 33.2 Å². The van der Waals surface area contributed by atoms with E-state index in [4.69, 9.17) is 4.74 Å². The van der Waals surface area contributed by atoms with Gasteiger partial charge in [-0.25, -0.2) is 4.68 Å². The van der Waals surface area contributed by atoms with Gasteiger partial charge >= 0.3 is 0 Å². The Bertz CT molecular complexity index is 549. The molecule has 1 fully saturated rings. The molecular formula is C13H16N4O2. The number of ether oxygens (including phenoxy) is 1. The predicted octanol–water partition coefficient (Wildman–Crippen LogP) is 1.10. The van der Waals surface area contributed by atoms with Crippen LogP contribution in [-0.2, 0) is 6.61 Å². The molecule has 1 saturated heterocycles. The van der Waals surface area contributed by atoms with Gasteiger partial charge in [-0.3, -0.25) is 0 Å². The van der Waals surface area contributed by atoms with E-state index in [1.165, 1.54) is 0 Å². The summed E-state index contributed by atoms with van der Waals surface area (Å²) in [7, 11) is 0. The monoisotopic (exact) mass is 260 g/mol. The maximum atomic E-state index is 9.59. The van der Waals surface area contributed by atoms with Crippen molar-refractivity contribution in [1.82, 2.24) is 20.3 Å². The van der Waals surface area contributed by atoms with Crippen molar-refractivity contribution < 1.29 is 9.84 Å². The highest BCUT2D eigenvalue weighted by atomic mass is 16.5. The van der Waals surface area contributed by atoms with Gasteiger partial charge in [-0.1, -0.05) is 17.3 Å². The van der Waals surface area contributed by atoms with Crippen molar-refractivity contribution in [1.29, 1.82) is 0 Å². The van der Waals surface area contributed by atoms with Crippen LogP contribution >= 0.6 is 0 Å². The number of hydrogen-bond acceptors (Lipinski definition) is 5. The molecule has 0 bridgehead atoms. The van der Waals surface area contributed by atoms with Crippen LogP contribution in [0.15, 0.2) is 30.5 Å². The van der Waals surface area contributed by atoms with Crippen molar-refractivity contribution in [2.75, 3.05) is 13.1 Å². The molecule has 0 saturated carbocycles. The molecule has 6 heteroatoms. The van der Waals surface area contributed by atoms with E-state index < -0.39 is 0 Å². The zero-order valence-corrected chi connectivity index (χ0v) is 10.5. The Hall–Kier alpha value is -2.08. The SMILES string of the molecule is Oc1ccccc1OCc1cn(C2CCNC2)nn1. The number of hydrogen-bond donors (Lipinski definition) is 2. The molecule has 0 aliphatic carbocycles. The standard InChI is InChI=1S/C13H16N4O2/c18-12-3-1-2-4-13(12)19-9-10-8-17(16-15-10)11-5-6-14-7-11/h1-4,8,11,14,18H,5-7,9H2. The zero-order chi connectivity index (χ0) is 13.1. The maximum absolute atomic E-state index is 9.59. The number of aromatic nitrogens is 3. The van der Waals surface area contributed by atoms with Crippen LogP contribution in [0.3, 0.4) is 0 Å². The second-order valence-corrected chi connectivity index (χ2v) is 4.59. The molecule has 2 N–H and O–H groups in total. The molecule has 0 spiro atoms. The topological polar surface area (TPSA) is 72.2 Å². The minimum absolute atomic E-state index is 0.134. The zero-order valence-electron chi connectivity index (χ0n) is 10.5. The summed E-state index contributed by atoms with van der Waals surface area (Å²) in [6.45, 7) is 2.26. The largest absolute Gasteiger partial charge is 0.504 e. The third-order valence-electron chi connectivity index (χ3n) is 3.21. The summed E-state index contributed by atoms with van der Waals surface area (Å²) in [4.78, 5) is 0. The number of para-hydroxylation sites is 2. The molecule has 1 atom stereocenters. The summed E-state index contributed by atoms with van der Waals surface area (Å²) in [6.07, 6.45) is 2.97. The molecule has 6 nitrogen and oxygen atoms in total. The van der Waals surface area contributed by atoms with Crippen molar-refractivity contribution >= 4 is 0 Å².